The third kappa shape index (κ3) is 4.30. The molecular weight excluding hydrogens is 270 g/mol. The molecule has 0 aliphatic heterocycles. The molecule has 1 amide bonds. The fourth-order valence-corrected chi connectivity index (χ4v) is 2.08. The summed E-state index contributed by atoms with van der Waals surface area (Å²) in [5.74, 6) is -0.720. The van der Waals surface area contributed by atoms with Gasteiger partial charge in [0.2, 0.25) is 0 Å². The number of nitrogens with one attached hydrogen (secondary N) is 1. The van der Waals surface area contributed by atoms with Crippen molar-refractivity contribution in [2.24, 2.45) is 5.92 Å². The summed E-state index contributed by atoms with van der Waals surface area (Å²) in [6, 6.07) is 5.58. The first kappa shape index (κ1) is 15.0. The van der Waals surface area contributed by atoms with Crippen molar-refractivity contribution in [3.63, 3.8) is 0 Å². The lowest BCUT2D eigenvalue weighted by atomic mass is 10.0. The van der Waals surface area contributed by atoms with Gasteiger partial charge in [0.25, 0.3) is 5.91 Å². The molecule has 0 radical (unpaired) electrons. The highest BCUT2D eigenvalue weighted by atomic mass is 16.4. The standard InChI is InChI=1S/C15H19N3O3/c1-11(5-6-14(19)20)7-8-16-15(21)12-10-18-9-3-2-4-13(18)17-12/h2-4,9-11H,5-8H2,1H3,(H,16,21)(H,19,20). The van der Waals surface area contributed by atoms with E-state index in [2.05, 4.69) is 10.3 Å². The fraction of sp³-hybridized carbons (Fsp3) is 0.400. The number of imidazole rings is 1. The van der Waals surface area contributed by atoms with E-state index in [1.54, 1.807) is 10.6 Å². The first-order chi connectivity index (χ1) is 10.1. The molecule has 0 bridgehead atoms. The smallest absolute Gasteiger partial charge is 0.303 e. The summed E-state index contributed by atoms with van der Waals surface area (Å²) in [6.45, 7) is 2.51. The minimum atomic E-state index is -0.782. The molecule has 2 heterocycles. The van der Waals surface area contributed by atoms with E-state index in [9.17, 15) is 9.59 Å². The Morgan fingerprint density at radius 2 is 2.19 bits per heavy atom. The molecule has 0 saturated carbocycles. The molecule has 0 aliphatic carbocycles. The Morgan fingerprint density at radius 1 is 1.38 bits per heavy atom. The van der Waals surface area contributed by atoms with Crippen LogP contribution in [0.5, 0.6) is 0 Å². The van der Waals surface area contributed by atoms with Crippen LogP contribution >= 0.6 is 0 Å². The van der Waals surface area contributed by atoms with Gasteiger partial charge in [-0.15, -0.1) is 0 Å². The number of fused-ring (bicyclic) bond motifs is 1. The molecule has 2 rings (SSSR count). The molecule has 112 valence electrons. The number of aliphatic carboxylic acids is 1. The van der Waals surface area contributed by atoms with Crippen molar-refractivity contribution >= 4 is 17.5 Å². The number of hydrogen-bond donors (Lipinski definition) is 2. The zero-order chi connectivity index (χ0) is 15.2. The van der Waals surface area contributed by atoms with E-state index in [1.165, 1.54) is 0 Å². The van der Waals surface area contributed by atoms with Crippen LogP contribution in [0, 0.1) is 5.92 Å². The van der Waals surface area contributed by atoms with Gasteiger partial charge >= 0.3 is 5.97 Å². The van der Waals surface area contributed by atoms with Gasteiger partial charge < -0.3 is 14.8 Å². The van der Waals surface area contributed by atoms with E-state index in [1.807, 2.05) is 31.3 Å². The average molecular weight is 289 g/mol. The Hall–Kier alpha value is -2.37. The van der Waals surface area contributed by atoms with Crippen LogP contribution in [0.2, 0.25) is 0 Å². The molecule has 1 atom stereocenters. The van der Waals surface area contributed by atoms with Crippen LogP contribution in [0.3, 0.4) is 0 Å². The van der Waals surface area contributed by atoms with Crippen LogP contribution in [0.1, 0.15) is 36.7 Å². The molecule has 2 N–H and O–H groups in total. The zero-order valence-electron chi connectivity index (χ0n) is 12.0. The van der Waals surface area contributed by atoms with E-state index in [-0.39, 0.29) is 18.2 Å². The topological polar surface area (TPSA) is 83.7 Å². The maximum absolute atomic E-state index is 12.0. The summed E-state index contributed by atoms with van der Waals surface area (Å²) in [4.78, 5) is 26.7. The lowest BCUT2D eigenvalue weighted by Gasteiger charge is -2.09. The second kappa shape index (κ2) is 6.88. The predicted molar refractivity (Wildman–Crippen MR) is 78.2 cm³/mol. The Morgan fingerprint density at radius 3 is 2.90 bits per heavy atom. The fourth-order valence-electron chi connectivity index (χ4n) is 2.08. The summed E-state index contributed by atoms with van der Waals surface area (Å²) in [5.41, 5.74) is 1.12. The molecule has 6 nitrogen and oxygen atoms in total. The van der Waals surface area contributed by atoms with Crippen LogP contribution in [0.25, 0.3) is 5.65 Å². The molecule has 0 fully saturated rings. The number of carbonyl (C=O) groups is 2. The van der Waals surface area contributed by atoms with Gasteiger partial charge in [0, 0.05) is 25.4 Å². The summed E-state index contributed by atoms with van der Waals surface area (Å²) in [6.07, 6.45) is 5.08. The number of pyridine rings is 1. The van der Waals surface area contributed by atoms with Crippen molar-refractivity contribution in [2.75, 3.05) is 6.54 Å². The van der Waals surface area contributed by atoms with Crippen LogP contribution < -0.4 is 5.32 Å². The monoisotopic (exact) mass is 289 g/mol. The first-order valence-electron chi connectivity index (χ1n) is 7.00. The quantitative estimate of drug-likeness (QED) is 0.816. The molecule has 0 saturated heterocycles. The number of aromatic nitrogens is 2. The van der Waals surface area contributed by atoms with Gasteiger partial charge in [-0.2, -0.15) is 0 Å². The van der Waals surface area contributed by atoms with Gasteiger partial charge in [-0.05, 0) is 30.9 Å². The van der Waals surface area contributed by atoms with Crippen molar-refractivity contribution in [1.29, 1.82) is 0 Å². The van der Waals surface area contributed by atoms with Gasteiger partial charge in [-0.3, -0.25) is 9.59 Å². The summed E-state index contributed by atoms with van der Waals surface area (Å²) in [5, 5.41) is 11.4. The maximum Gasteiger partial charge on any atom is 0.303 e. The van der Waals surface area contributed by atoms with Crippen molar-refractivity contribution in [2.45, 2.75) is 26.2 Å². The first-order valence-corrected chi connectivity index (χ1v) is 7.00. The van der Waals surface area contributed by atoms with Gasteiger partial charge in [-0.1, -0.05) is 13.0 Å². The number of amides is 1. The number of rotatable bonds is 7. The highest BCUT2D eigenvalue weighted by Gasteiger charge is 2.11. The number of nitrogens with zero attached hydrogens (tertiary/aromatic N) is 2. The third-order valence-corrected chi connectivity index (χ3v) is 3.37. The van der Waals surface area contributed by atoms with Crippen LogP contribution in [-0.2, 0) is 4.79 Å². The van der Waals surface area contributed by atoms with E-state index in [0.29, 0.717) is 18.7 Å². The number of carbonyl (C=O) groups excluding carboxylic acids is 1. The maximum atomic E-state index is 12.0. The number of carboxylic acid groups (broad SMARTS) is 1. The Kier molecular flexibility index (Phi) is 4.92. The van der Waals surface area contributed by atoms with Crippen molar-refractivity contribution < 1.29 is 14.7 Å². The van der Waals surface area contributed by atoms with E-state index in [0.717, 1.165) is 12.1 Å². The summed E-state index contributed by atoms with van der Waals surface area (Å²) in [7, 11) is 0. The summed E-state index contributed by atoms with van der Waals surface area (Å²) < 4.78 is 1.80. The van der Waals surface area contributed by atoms with Crippen molar-refractivity contribution in [1.82, 2.24) is 14.7 Å². The second-order valence-electron chi connectivity index (χ2n) is 5.17. The van der Waals surface area contributed by atoms with Crippen LogP contribution in [0.15, 0.2) is 30.6 Å². The minimum Gasteiger partial charge on any atom is -0.481 e. The highest BCUT2D eigenvalue weighted by molar-refractivity contribution is 5.92. The molecule has 0 aromatic carbocycles. The van der Waals surface area contributed by atoms with Gasteiger partial charge in [0.15, 0.2) is 0 Å². The van der Waals surface area contributed by atoms with Crippen LogP contribution in [-0.4, -0.2) is 32.9 Å². The minimum absolute atomic E-state index is 0.168. The molecular formula is C15H19N3O3. The van der Waals surface area contributed by atoms with E-state index < -0.39 is 5.97 Å². The van der Waals surface area contributed by atoms with Gasteiger partial charge in [-0.25, -0.2) is 4.98 Å². The predicted octanol–water partition coefficient (Wildman–Crippen LogP) is 1.96. The average Bonchev–Trinajstić information content (AvgIpc) is 2.89. The van der Waals surface area contributed by atoms with Crippen LogP contribution in [0.4, 0.5) is 0 Å². The Labute approximate surface area is 122 Å². The molecule has 6 heteroatoms. The van der Waals surface area contributed by atoms with Crippen molar-refractivity contribution in [3.05, 3.63) is 36.3 Å². The molecule has 0 aliphatic rings. The lowest BCUT2D eigenvalue weighted by Crippen LogP contribution is -2.26. The Balaban J connectivity index is 1.80. The lowest BCUT2D eigenvalue weighted by molar-refractivity contribution is -0.137. The molecule has 0 spiro atoms. The number of hydrogen-bond acceptors (Lipinski definition) is 3. The SMILES string of the molecule is CC(CCNC(=O)c1cn2ccccc2n1)CCC(=O)O. The second-order valence-corrected chi connectivity index (χ2v) is 5.17. The normalized spacial score (nSPS) is 12.2. The highest BCUT2D eigenvalue weighted by Crippen LogP contribution is 2.09. The van der Waals surface area contributed by atoms with Gasteiger partial charge in [0.1, 0.15) is 11.3 Å². The van der Waals surface area contributed by atoms with Crippen molar-refractivity contribution in [3.8, 4) is 0 Å². The molecule has 2 aromatic rings. The molecule has 2 aromatic heterocycles. The van der Waals surface area contributed by atoms with Gasteiger partial charge in [0.05, 0.1) is 0 Å². The zero-order valence-corrected chi connectivity index (χ0v) is 12.0. The van der Waals surface area contributed by atoms with E-state index in [4.69, 9.17) is 5.11 Å². The summed E-state index contributed by atoms with van der Waals surface area (Å²) >= 11 is 0. The molecule has 1 unspecified atom stereocenters. The third-order valence-electron chi connectivity index (χ3n) is 3.37. The van der Waals surface area contributed by atoms with E-state index >= 15 is 0 Å². The largest absolute Gasteiger partial charge is 0.481 e. The molecule has 21 heavy (non-hydrogen) atoms. The Bertz CT molecular complexity index is 603. The number of carboxylic acids is 1.